The minimum Gasteiger partial charge on any atom is -0.481 e. The van der Waals surface area contributed by atoms with Crippen LogP contribution in [0.15, 0.2) is 54.0 Å². The maximum atomic E-state index is 12.0. The highest BCUT2D eigenvalue weighted by Gasteiger charge is 2.06. The van der Waals surface area contributed by atoms with Crippen molar-refractivity contribution in [3.63, 3.8) is 0 Å². The Morgan fingerprint density at radius 1 is 1.17 bits per heavy atom. The monoisotopic (exact) mass is 322 g/mol. The predicted molar refractivity (Wildman–Crippen MR) is 91.7 cm³/mol. The van der Waals surface area contributed by atoms with Crippen molar-refractivity contribution in [3.05, 3.63) is 59.6 Å². The van der Waals surface area contributed by atoms with Gasteiger partial charge >= 0.3 is 0 Å². The molecule has 0 aliphatic rings. The molecule has 4 nitrogen and oxygen atoms in total. The summed E-state index contributed by atoms with van der Waals surface area (Å²) >= 11 is 1.52. The standard InChI is InChI=1S/C18H14N2O2S/c21-18(14-8-9-16-17(12-14)23-13-20-16)19-10-4-5-11-22-15-6-2-1-3-7-15/h1-3,6-9,12-13H,10-11H2,(H,19,21). The van der Waals surface area contributed by atoms with Gasteiger partial charge in [0.1, 0.15) is 12.4 Å². The third-order valence-electron chi connectivity index (χ3n) is 3.11. The number of thiazole rings is 1. The lowest BCUT2D eigenvalue weighted by Gasteiger charge is -2.01. The Hall–Kier alpha value is -2.84. The van der Waals surface area contributed by atoms with Gasteiger partial charge in [-0.15, -0.1) is 11.3 Å². The summed E-state index contributed by atoms with van der Waals surface area (Å²) in [4.78, 5) is 16.2. The van der Waals surface area contributed by atoms with Crippen molar-refractivity contribution < 1.29 is 9.53 Å². The van der Waals surface area contributed by atoms with Crippen molar-refractivity contribution in [2.75, 3.05) is 13.2 Å². The lowest BCUT2D eigenvalue weighted by Crippen LogP contribution is -2.23. The highest BCUT2D eigenvalue weighted by atomic mass is 32.1. The number of fused-ring (bicyclic) bond motifs is 1. The molecule has 0 radical (unpaired) electrons. The number of carbonyl (C=O) groups is 1. The van der Waals surface area contributed by atoms with E-state index in [1.807, 2.05) is 42.5 Å². The molecule has 1 amide bonds. The van der Waals surface area contributed by atoms with Gasteiger partial charge in [0.25, 0.3) is 5.91 Å². The molecule has 0 bridgehead atoms. The number of carbonyl (C=O) groups excluding carboxylic acids is 1. The van der Waals surface area contributed by atoms with E-state index in [4.69, 9.17) is 4.74 Å². The number of amides is 1. The molecule has 5 heteroatoms. The quantitative estimate of drug-likeness (QED) is 0.751. The van der Waals surface area contributed by atoms with Crippen molar-refractivity contribution in [1.82, 2.24) is 10.3 Å². The fraction of sp³-hybridized carbons (Fsp3) is 0.111. The van der Waals surface area contributed by atoms with Crippen LogP contribution in [0.3, 0.4) is 0 Å². The van der Waals surface area contributed by atoms with Gasteiger partial charge in [-0.3, -0.25) is 4.79 Å². The second-order valence-electron chi connectivity index (χ2n) is 4.67. The van der Waals surface area contributed by atoms with Crippen molar-refractivity contribution in [3.8, 4) is 17.6 Å². The van der Waals surface area contributed by atoms with Gasteiger partial charge in [0, 0.05) is 5.56 Å². The summed E-state index contributed by atoms with van der Waals surface area (Å²) in [7, 11) is 0. The lowest BCUT2D eigenvalue weighted by molar-refractivity contribution is 0.0959. The third kappa shape index (κ3) is 4.09. The Morgan fingerprint density at radius 2 is 2.04 bits per heavy atom. The molecule has 3 aromatic rings. The van der Waals surface area contributed by atoms with Gasteiger partial charge in [0.05, 0.1) is 22.3 Å². The first-order valence-corrected chi connectivity index (χ1v) is 7.96. The van der Waals surface area contributed by atoms with Crippen LogP contribution in [0, 0.1) is 11.8 Å². The fourth-order valence-corrected chi connectivity index (χ4v) is 2.69. The second kappa shape index (κ2) is 7.43. The molecule has 0 atom stereocenters. The first kappa shape index (κ1) is 15.1. The summed E-state index contributed by atoms with van der Waals surface area (Å²) in [5.74, 6) is 6.38. The summed E-state index contributed by atoms with van der Waals surface area (Å²) in [5.41, 5.74) is 3.29. The van der Waals surface area contributed by atoms with E-state index in [9.17, 15) is 4.79 Å². The fourth-order valence-electron chi connectivity index (χ4n) is 1.97. The molecule has 0 saturated carbocycles. The van der Waals surface area contributed by atoms with E-state index < -0.39 is 0 Å². The van der Waals surface area contributed by atoms with Crippen LogP contribution in [0.1, 0.15) is 10.4 Å². The summed E-state index contributed by atoms with van der Waals surface area (Å²) in [6.45, 7) is 0.588. The van der Waals surface area contributed by atoms with Crippen LogP contribution in [-0.2, 0) is 0 Å². The number of rotatable bonds is 4. The van der Waals surface area contributed by atoms with Gasteiger partial charge in [-0.1, -0.05) is 30.0 Å². The number of benzene rings is 2. The smallest absolute Gasteiger partial charge is 0.252 e. The van der Waals surface area contributed by atoms with E-state index in [0.29, 0.717) is 12.2 Å². The zero-order valence-electron chi connectivity index (χ0n) is 12.3. The maximum absolute atomic E-state index is 12.0. The largest absolute Gasteiger partial charge is 0.481 e. The number of nitrogens with one attached hydrogen (secondary N) is 1. The van der Waals surface area contributed by atoms with E-state index in [-0.39, 0.29) is 12.5 Å². The van der Waals surface area contributed by atoms with Gasteiger partial charge in [-0.2, -0.15) is 0 Å². The Bertz CT molecular complexity index is 863. The van der Waals surface area contributed by atoms with Crippen LogP contribution >= 0.6 is 11.3 Å². The van der Waals surface area contributed by atoms with E-state index in [0.717, 1.165) is 16.0 Å². The molecule has 0 saturated heterocycles. The Morgan fingerprint density at radius 3 is 2.91 bits per heavy atom. The number of hydrogen-bond acceptors (Lipinski definition) is 4. The maximum Gasteiger partial charge on any atom is 0.252 e. The van der Waals surface area contributed by atoms with Crippen molar-refractivity contribution in [1.29, 1.82) is 0 Å². The van der Waals surface area contributed by atoms with Gasteiger partial charge in [0.2, 0.25) is 0 Å². The third-order valence-corrected chi connectivity index (χ3v) is 3.90. The molecule has 0 unspecified atom stereocenters. The Balaban J connectivity index is 1.47. The topological polar surface area (TPSA) is 51.2 Å². The number of hydrogen-bond donors (Lipinski definition) is 1. The molecule has 0 aliphatic heterocycles. The summed E-state index contributed by atoms with van der Waals surface area (Å²) in [6.07, 6.45) is 0. The minimum absolute atomic E-state index is 0.140. The molecule has 0 aliphatic carbocycles. The van der Waals surface area contributed by atoms with Crippen LogP contribution in [0.2, 0.25) is 0 Å². The average Bonchev–Trinajstić information content (AvgIpc) is 3.06. The Labute approximate surface area is 138 Å². The van der Waals surface area contributed by atoms with Crippen molar-refractivity contribution >= 4 is 27.5 Å². The van der Waals surface area contributed by atoms with E-state index >= 15 is 0 Å². The molecule has 1 aromatic heterocycles. The highest BCUT2D eigenvalue weighted by molar-refractivity contribution is 7.16. The summed E-state index contributed by atoms with van der Waals surface area (Å²) in [5, 5.41) is 2.77. The average molecular weight is 322 g/mol. The number of ether oxygens (including phenoxy) is 1. The van der Waals surface area contributed by atoms with Crippen LogP contribution in [0.4, 0.5) is 0 Å². The summed E-state index contributed by atoms with van der Waals surface area (Å²) in [6, 6.07) is 14.9. The number of para-hydroxylation sites is 1. The van der Waals surface area contributed by atoms with E-state index in [2.05, 4.69) is 22.1 Å². The van der Waals surface area contributed by atoms with Crippen LogP contribution < -0.4 is 10.1 Å². The van der Waals surface area contributed by atoms with Gasteiger partial charge < -0.3 is 10.1 Å². The molecular formula is C18H14N2O2S. The second-order valence-corrected chi connectivity index (χ2v) is 5.56. The molecule has 114 valence electrons. The van der Waals surface area contributed by atoms with E-state index in [1.54, 1.807) is 11.6 Å². The molecule has 1 N–H and O–H groups in total. The number of aromatic nitrogens is 1. The minimum atomic E-state index is -0.140. The van der Waals surface area contributed by atoms with Crippen molar-refractivity contribution in [2.24, 2.45) is 0 Å². The first-order chi connectivity index (χ1) is 11.3. The first-order valence-electron chi connectivity index (χ1n) is 7.08. The molecule has 3 rings (SSSR count). The van der Waals surface area contributed by atoms with Gasteiger partial charge in [-0.05, 0) is 30.3 Å². The van der Waals surface area contributed by atoms with Gasteiger partial charge in [0.15, 0.2) is 0 Å². The Kier molecular flexibility index (Phi) is 4.87. The lowest BCUT2D eigenvalue weighted by atomic mass is 10.2. The summed E-state index contributed by atoms with van der Waals surface area (Å²) < 4.78 is 6.45. The predicted octanol–water partition coefficient (Wildman–Crippen LogP) is 3.11. The van der Waals surface area contributed by atoms with Crippen LogP contribution in [0.5, 0.6) is 5.75 Å². The molecule has 2 aromatic carbocycles. The van der Waals surface area contributed by atoms with E-state index in [1.165, 1.54) is 11.3 Å². The van der Waals surface area contributed by atoms with Crippen LogP contribution in [-0.4, -0.2) is 24.0 Å². The van der Waals surface area contributed by atoms with Crippen LogP contribution in [0.25, 0.3) is 10.2 Å². The highest BCUT2D eigenvalue weighted by Crippen LogP contribution is 2.18. The zero-order valence-corrected chi connectivity index (χ0v) is 13.1. The molecule has 0 fully saturated rings. The molecule has 0 spiro atoms. The molecular weight excluding hydrogens is 308 g/mol. The van der Waals surface area contributed by atoms with Crippen molar-refractivity contribution in [2.45, 2.75) is 0 Å². The van der Waals surface area contributed by atoms with Gasteiger partial charge in [-0.25, -0.2) is 4.98 Å². The normalized spacial score (nSPS) is 9.91. The zero-order chi connectivity index (χ0) is 15.9. The SMILES string of the molecule is O=C(NCC#CCOc1ccccc1)c1ccc2ncsc2c1. The molecule has 23 heavy (non-hydrogen) atoms. The molecule has 1 heterocycles. The number of nitrogens with zero attached hydrogens (tertiary/aromatic N) is 1.